The van der Waals surface area contributed by atoms with E-state index in [1.54, 1.807) is 0 Å². The molecule has 1 aliphatic rings. The summed E-state index contributed by atoms with van der Waals surface area (Å²) in [6.45, 7) is 3.97. The fourth-order valence-corrected chi connectivity index (χ4v) is 2.40. The standard InChI is InChI=1S/C14H22N2/c1-2-16-10-14(15)13-8-7-11-5-3-4-6-12(11)9-13/h7-9,14,16H,2-6,10,15H2,1H3. The molecule has 0 spiro atoms. The monoisotopic (exact) mass is 218 g/mol. The van der Waals surface area contributed by atoms with Crippen molar-refractivity contribution in [3.8, 4) is 0 Å². The Morgan fingerprint density at radius 1 is 1.25 bits per heavy atom. The zero-order valence-electron chi connectivity index (χ0n) is 10.1. The zero-order valence-corrected chi connectivity index (χ0v) is 10.1. The molecule has 1 aromatic rings. The highest BCUT2D eigenvalue weighted by atomic mass is 14.9. The van der Waals surface area contributed by atoms with Crippen LogP contribution in [-0.4, -0.2) is 13.1 Å². The van der Waals surface area contributed by atoms with Crippen LogP contribution in [0.2, 0.25) is 0 Å². The van der Waals surface area contributed by atoms with Crippen LogP contribution in [0.5, 0.6) is 0 Å². The van der Waals surface area contributed by atoms with Crippen molar-refractivity contribution in [2.24, 2.45) is 5.73 Å². The summed E-state index contributed by atoms with van der Waals surface area (Å²) in [7, 11) is 0. The van der Waals surface area contributed by atoms with Crippen LogP contribution in [0, 0.1) is 0 Å². The number of rotatable bonds is 4. The Kier molecular flexibility index (Phi) is 3.97. The molecule has 0 saturated carbocycles. The first-order valence-corrected chi connectivity index (χ1v) is 6.39. The summed E-state index contributed by atoms with van der Waals surface area (Å²) in [4.78, 5) is 0. The molecule has 0 amide bonds. The van der Waals surface area contributed by atoms with Gasteiger partial charge in [0, 0.05) is 12.6 Å². The van der Waals surface area contributed by atoms with Gasteiger partial charge in [-0.15, -0.1) is 0 Å². The fraction of sp³-hybridized carbons (Fsp3) is 0.571. The number of fused-ring (bicyclic) bond motifs is 1. The van der Waals surface area contributed by atoms with Crippen LogP contribution in [0.4, 0.5) is 0 Å². The van der Waals surface area contributed by atoms with Gasteiger partial charge in [0.15, 0.2) is 0 Å². The molecule has 1 aliphatic carbocycles. The normalized spacial score (nSPS) is 16.9. The summed E-state index contributed by atoms with van der Waals surface area (Å²) >= 11 is 0. The van der Waals surface area contributed by atoms with Crippen LogP contribution in [0.1, 0.15) is 42.5 Å². The van der Waals surface area contributed by atoms with Crippen molar-refractivity contribution in [3.63, 3.8) is 0 Å². The van der Waals surface area contributed by atoms with Gasteiger partial charge in [-0.25, -0.2) is 0 Å². The number of hydrogen-bond donors (Lipinski definition) is 2. The van der Waals surface area contributed by atoms with Crippen molar-refractivity contribution in [3.05, 3.63) is 34.9 Å². The molecule has 0 aromatic heterocycles. The highest BCUT2D eigenvalue weighted by molar-refractivity contribution is 5.35. The van der Waals surface area contributed by atoms with Crippen LogP contribution in [0.3, 0.4) is 0 Å². The summed E-state index contributed by atoms with van der Waals surface area (Å²) in [5.74, 6) is 0. The largest absolute Gasteiger partial charge is 0.323 e. The molecule has 0 aliphatic heterocycles. The van der Waals surface area contributed by atoms with E-state index in [1.807, 2.05) is 0 Å². The molecule has 1 unspecified atom stereocenters. The molecule has 0 heterocycles. The molecule has 0 fully saturated rings. The summed E-state index contributed by atoms with van der Waals surface area (Å²) in [6.07, 6.45) is 5.16. The number of nitrogens with two attached hydrogens (primary N) is 1. The summed E-state index contributed by atoms with van der Waals surface area (Å²) < 4.78 is 0. The Morgan fingerprint density at radius 3 is 2.75 bits per heavy atom. The van der Waals surface area contributed by atoms with Crippen LogP contribution in [-0.2, 0) is 12.8 Å². The first kappa shape index (κ1) is 11.6. The van der Waals surface area contributed by atoms with Gasteiger partial charge in [-0.05, 0) is 48.9 Å². The maximum absolute atomic E-state index is 6.15. The minimum absolute atomic E-state index is 0.132. The molecule has 2 nitrogen and oxygen atoms in total. The lowest BCUT2D eigenvalue weighted by molar-refractivity contribution is 0.612. The van der Waals surface area contributed by atoms with E-state index in [4.69, 9.17) is 5.73 Å². The summed E-state index contributed by atoms with van der Waals surface area (Å²) in [5.41, 5.74) is 10.5. The molecule has 88 valence electrons. The Balaban J connectivity index is 2.10. The second-order valence-electron chi connectivity index (χ2n) is 4.65. The molecule has 1 aromatic carbocycles. The van der Waals surface area contributed by atoms with Gasteiger partial charge in [0.05, 0.1) is 0 Å². The second kappa shape index (κ2) is 5.46. The first-order valence-electron chi connectivity index (χ1n) is 6.39. The van der Waals surface area contributed by atoms with Crippen molar-refractivity contribution in [1.29, 1.82) is 0 Å². The van der Waals surface area contributed by atoms with Gasteiger partial charge >= 0.3 is 0 Å². The van der Waals surface area contributed by atoms with Gasteiger partial charge in [-0.1, -0.05) is 25.1 Å². The van der Waals surface area contributed by atoms with E-state index in [-0.39, 0.29) is 6.04 Å². The van der Waals surface area contributed by atoms with E-state index in [0.29, 0.717) is 0 Å². The van der Waals surface area contributed by atoms with Crippen molar-refractivity contribution in [2.75, 3.05) is 13.1 Å². The SMILES string of the molecule is CCNCC(N)c1ccc2c(c1)CCCC2. The van der Waals surface area contributed by atoms with Crippen molar-refractivity contribution < 1.29 is 0 Å². The quantitative estimate of drug-likeness (QED) is 0.813. The van der Waals surface area contributed by atoms with Crippen LogP contribution < -0.4 is 11.1 Å². The van der Waals surface area contributed by atoms with Gasteiger partial charge in [-0.3, -0.25) is 0 Å². The summed E-state index contributed by atoms with van der Waals surface area (Å²) in [6, 6.07) is 6.92. The maximum Gasteiger partial charge on any atom is 0.0421 e. The molecule has 16 heavy (non-hydrogen) atoms. The minimum Gasteiger partial charge on any atom is -0.323 e. The van der Waals surface area contributed by atoms with Gasteiger partial charge in [-0.2, -0.15) is 0 Å². The van der Waals surface area contributed by atoms with E-state index in [0.717, 1.165) is 13.1 Å². The van der Waals surface area contributed by atoms with Crippen LogP contribution in [0.15, 0.2) is 18.2 Å². The highest BCUT2D eigenvalue weighted by Crippen LogP contribution is 2.23. The topological polar surface area (TPSA) is 38.0 Å². The minimum atomic E-state index is 0.132. The van der Waals surface area contributed by atoms with E-state index < -0.39 is 0 Å². The number of hydrogen-bond acceptors (Lipinski definition) is 2. The van der Waals surface area contributed by atoms with Gasteiger partial charge in [0.2, 0.25) is 0 Å². The molecule has 0 radical (unpaired) electrons. The molecular formula is C14H22N2. The van der Waals surface area contributed by atoms with E-state index in [9.17, 15) is 0 Å². The second-order valence-corrected chi connectivity index (χ2v) is 4.65. The fourth-order valence-electron chi connectivity index (χ4n) is 2.40. The maximum atomic E-state index is 6.15. The third-order valence-corrected chi connectivity index (χ3v) is 3.41. The molecule has 3 N–H and O–H groups in total. The van der Waals surface area contributed by atoms with E-state index in [1.165, 1.54) is 42.4 Å². The number of aryl methyl sites for hydroxylation is 2. The highest BCUT2D eigenvalue weighted by Gasteiger charge is 2.12. The van der Waals surface area contributed by atoms with Gasteiger partial charge in [0.1, 0.15) is 0 Å². The Labute approximate surface area is 98.2 Å². The molecule has 0 bridgehead atoms. The van der Waals surface area contributed by atoms with Crippen LogP contribution >= 0.6 is 0 Å². The Bertz CT molecular complexity index is 347. The molecule has 2 heteroatoms. The first-order chi connectivity index (χ1) is 7.81. The third-order valence-electron chi connectivity index (χ3n) is 3.41. The van der Waals surface area contributed by atoms with E-state index >= 15 is 0 Å². The molecule has 2 rings (SSSR count). The van der Waals surface area contributed by atoms with Crippen molar-refractivity contribution in [1.82, 2.24) is 5.32 Å². The lowest BCUT2D eigenvalue weighted by Crippen LogP contribution is -2.26. The van der Waals surface area contributed by atoms with E-state index in [2.05, 4.69) is 30.4 Å². The lowest BCUT2D eigenvalue weighted by atomic mass is 9.89. The van der Waals surface area contributed by atoms with Crippen molar-refractivity contribution in [2.45, 2.75) is 38.6 Å². The molecular weight excluding hydrogens is 196 g/mol. The average Bonchev–Trinajstić information content (AvgIpc) is 2.35. The third kappa shape index (κ3) is 2.63. The van der Waals surface area contributed by atoms with Gasteiger partial charge < -0.3 is 11.1 Å². The number of nitrogens with one attached hydrogen (secondary N) is 1. The predicted molar refractivity (Wildman–Crippen MR) is 68.6 cm³/mol. The van der Waals surface area contributed by atoms with Gasteiger partial charge in [0.25, 0.3) is 0 Å². The van der Waals surface area contributed by atoms with Crippen LogP contribution in [0.25, 0.3) is 0 Å². The van der Waals surface area contributed by atoms with Crippen molar-refractivity contribution >= 4 is 0 Å². The predicted octanol–water partition coefficient (Wildman–Crippen LogP) is 2.17. The Morgan fingerprint density at radius 2 is 2.00 bits per heavy atom. The lowest BCUT2D eigenvalue weighted by Gasteiger charge is -2.19. The smallest absolute Gasteiger partial charge is 0.0421 e. The summed E-state index contributed by atoms with van der Waals surface area (Å²) in [5, 5.41) is 3.30. The Hall–Kier alpha value is -0.860. The zero-order chi connectivity index (χ0) is 11.4. The average molecular weight is 218 g/mol. The number of benzene rings is 1. The molecule has 1 atom stereocenters. The number of likely N-dealkylation sites (N-methyl/N-ethyl adjacent to an activating group) is 1. The molecule has 0 saturated heterocycles.